The van der Waals surface area contributed by atoms with Crippen LogP contribution in [0.5, 0.6) is 5.75 Å². The van der Waals surface area contributed by atoms with Crippen LogP contribution in [0.4, 0.5) is 0 Å². The average Bonchev–Trinajstić information content (AvgIpc) is 2.13. The summed E-state index contributed by atoms with van der Waals surface area (Å²) in [5.41, 5.74) is 1.85. The minimum atomic E-state index is -0.966. The number of hydrogen-bond acceptors (Lipinski definition) is 2. The number of aryl methyl sites for hydroxylation is 1. The molecule has 1 aromatic rings. The maximum Gasteiger partial charge on any atom is 0.341 e. The van der Waals surface area contributed by atoms with E-state index in [1.807, 2.05) is 19.1 Å². The van der Waals surface area contributed by atoms with Gasteiger partial charge in [0.25, 0.3) is 0 Å². The molecule has 17 heavy (non-hydrogen) atoms. The molecule has 0 atom stereocenters. The third kappa shape index (κ3) is 3.73. The fraction of sp³-hybridized carbons (Fsp3) is 0.462. The molecule has 0 aliphatic carbocycles. The summed E-state index contributed by atoms with van der Waals surface area (Å²) < 4.78 is 6.37. The second-order valence-electron chi connectivity index (χ2n) is 5.03. The van der Waals surface area contributed by atoms with Gasteiger partial charge in [0.05, 0.1) is 0 Å². The van der Waals surface area contributed by atoms with Crippen LogP contribution in [0.2, 0.25) is 0 Å². The Labute approximate surface area is 110 Å². The minimum Gasteiger partial charge on any atom is -0.481 e. The van der Waals surface area contributed by atoms with E-state index in [0.717, 1.165) is 15.6 Å². The zero-order valence-electron chi connectivity index (χ0n) is 10.5. The zero-order valence-corrected chi connectivity index (χ0v) is 12.1. The molecule has 0 unspecified atom stereocenters. The van der Waals surface area contributed by atoms with Crippen LogP contribution < -0.4 is 4.74 Å². The van der Waals surface area contributed by atoms with E-state index in [2.05, 4.69) is 36.7 Å². The summed E-state index contributed by atoms with van der Waals surface area (Å²) >= 11 is 3.45. The summed E-state index contributed by atoms with van der Waals surface area (Å²) in [7, 11) is 0. The molecule has 0 spiro atoms. The lowest BCUT2D eigenvalue weighted by Gasteiger charge is -2.24. The van der Waals surface area contributed by atoms with Crippen molar-refractivity contribution in [1.82, 2.24) is 0 Å². The quantitative estimate of drug-likeness (QED) is 0.929. The van der Waals surface area contributed by atoms with Crippen molar-refractivity contribution in [2.24, 2.45) is 0 Å². The number of benzene rings is 1. The first kappa shape index (κ1) is 14.0. The second kappa shape index (κ2) is 5.08. The van der Waals surface area contributed by atoms with E-state index in [1.54, 1.807) is 0 Å². The number of aliphatic carboxylic acids is 1. The molecular formula is C13H17BrO3. The Bertz CT molecular complexity index is 433. The molecule has 0 bridgehead atoms. The monoisotopic (exact) mass is 300 g/mol. The molecule has 0 fully saturated rings. The molecule has 1 rings (SSSR count). The fourth-order valence-electron chi connectivity index (χ4n) is 1.61. The van der Waals surface area contributed by atoms with Gasteiger partial charge in [-0.3, -0.25) is 0 Å². The third-order valence-corrected chi connectivity index (χ3v) is 2.85. The standard InChI is InChI=1S/C13H17BrO3/c1-8-5-9(14)6-10(13(2,3)4)12(8)17-7-11(15)16/h5-6H,7H2,1-4H3,(H,15,16). The van der Waals surface area contributed by atoms with Crippen molar-refractivity contribution in [2.75, 3.05) is 6.61 Å². The SMILES string of the molecule is Cc1cc(Br)cc(C(C)(C)C)c1OCC(=O)O. The molecule has 1 aromatic carbocycles. The highest BCUT2D eigenvalue weighted by molar-refractivity contribution is 9.10. The molecular weight excluding hydrogens is 284 g/mol. The average molecular weight is 301 g/mol. The number of ether oxygens (including phenoxy) is 1. The number of carboxylic acids is 1. The van der Waals surface area contributed by atoms with Gasteiger partial charge in [-0.1, -0.05) is 36.7 Å². The van der Waals surface area contributed by atoms with Crippen molar-refractivity contribution in [3.05, 3.63) is 27.7 Å². The van der Waals surface area contributed by atoms with Gasteiger partial charge in [-0.2, -0.15) is 0 Å². The van der Waals surface area contributed by atoms with E-state index >= 15 is 0 Å². The van der Waals surface area contributed by atoms with Crippen LogP contribution in [0.3, 0.4) is 0 Å². The predicted octanol–water partition coefficient (Wildman–Crippen LogP) is 3.52. The minimum absolute atomic E-state index is 0.0949. The second-order valence-corrected chi connectivity index (χ2v) is 5.95. The van der Waals surface area contributed by atoms with E-state index < -0.39 is 5.97 Å². The first-order valence-corrected chi connectivity index (χ1v) is 6.16. The number of carboxylic acid groups (broad SMARTS) is 1. The molecule has 0 saturated heterocycles. The van der Waals surface area contributed by atoms with Crippen LogP contribution in [-0.4, -0.2) is 17.7 Å². The molecule has 0 aliphatic heterocycles. The highest BCUT2D eigenvalue weighted by Gasteiger charge is 2.21. The van der Waals surface area contributed by atoms with Crippen molar-refractivity contribution in [1.29, 1.82) is 0 Å². The van der Waals surface area contributed by atoms with E-state index in [1.165, 1.54) is 0 Å². The molecule has 0 aromatic heterocycles. The van der Waals surface area contributed by atoms with E-state index in [4.69, 9.17) is 9.84 Å². The van der Waals surface area contributed by atoms with Gasteiger partial charge in [-0.25, -0.2) is 4.79 Å². The fourth-order valence-corrected chi connectivity index (χ4v) is 2.18. The summed E-state index contributed by atoms with van der Waals surface area (Å²) in [6.45, 7) is 7.81. The Kier molecular flexibility index (Phi) is 4.20. The maximum absolute atomic E-state index is 10.6. The third-order valence-electron chi connectivity index (χ3n) is 2.39. The van der Waals surface area contributed by atoms with Crippen LogP contribution in [0, 0.1) is 6.92 Å². The Balaban J connectivity index is 3.21. The van der Waals surface area contributed by atoms with E-state index in [-0.39, 0.29) is 12.0 Å². The van der Waals surface area contributed by atoms with Gasteiger partial charge in [0.15, 0.2) is 6.61 Å². The van der Waals surface area contributed by atoms with Gasteiger partial charge in [0.2, 0.25) is 0 Å². The summed E-state index contributed by atoms with van der Waals surface area (Å²) in [4.78, 5) is 10.6. The number of hydrogen-bond donors (Lipinski definition) is 1. The largest absolute Gasteiger partial charge is 0.481 e. The van der Waals surface area contributed by atoms with Crippen molar-refractivity contribution in [3.8, 4) is 5.75 Å². The normalized spacial score (nSPS) is 11.4. The van der Waals surface area contributed by atoms with Gasteiger partial charge in [-0.05, 0) is 30.0 Å². The maximum atomic E-state index is 10.6. The Morgan fingerprint density at radius 3 is 2.47 bits per heavy atom. The van der Waals surface area contributed by atoms with Gasteiger partial charge >= 0.3 is 5.97 Å². The van der Waals surface area contributed by atoms with Gasteiger partial charge in [0.1, 0.15) is 5.75 Å². The van der Waals surface area contributed by atoms with Crippen molar-refractivity contribution in [3.63, 3.8) is 0 Å². The molecule has 3 nitrogen and oxygen atoms in total. The topological polar surface area (TPSA) is 46.5 Å². The molecule has 0 aliphatic rings. The number of rotatable bonds is 3. The van der Waals surface area contributed by atoms with Crippen LogP contribution in [0.15, 0.2) is 16.6 Å². The van der Waals surface area contributed by atoms with Crippen molar-refractivity contribution < 1.29 is 14.6 Å². The Hall–Kier alpha value is -1.03. The molecule has 4 heteroatoms. The molecule has 1 N–H and O–H groups in total. The molecule has 0 heterocycles. The van der Waals surface area contributed by atoms with E-state index in [9.17, 15) is 4.79 Å². The van der Waals surface area contributed by atoms with Gasteiger partial charge in [0, 0.05) is 10.0 Å². The highest BCUT2D eigenvalue weighted by Crippen LogP contribution is 2.36. The van der Waals surface area contributed by atoms with Crippen LogP contribution in [0.25, 0.3) is 0 Å². The lowest BCUT2D eigenvalue weighted by molar-refractivity contribution is -0.139. The van der Waals surface area contributed by atoms with Gasteiger partial charge < -0.3 is 9.84 Å². The zero-order chi connectivity index (χ0) is 13.2. The summed E-state index contributed by atoms with van der Waals surface area (Å²) in [5, 5.41) is 8.68. The summed E-state index contributed by atoms with van der Waals surface area (Å²) in [6, 6.07) is 3.90. The van der Waals surface area contributed by atoms with Gasteiger partial charge in [-0.15, -0.1) is 0 Å². The van der Waals surface area contributed by atoms with Crippen molar-refractivity contribution in [2.45, 2.75) is 33.1 Å². The smallest absolute Gasteiger partial charge is 0.341 e. The number of carbonyl (C=O) groups is 1. The lowest BCUT2D eigenvalue weighted by Crippen LogP contribution is -2.17. The summed E-state index contributed by atoms with van der Waals surface area (Å²) in [6.07, 6.45) is 0. The first-order chi connectivity index (χ1) is 7.71. The molecule has 0 radical (unpaired) electrons. The van der Waals surface area contributed by atoms with E-state index in [0.29, 0.717) is 5.75 Å². The Morgan fingerprint density at radius 2 is 2.00 bits per heavy atom. The highest BCUT2D eigenvalue weighted by atomic mass is 79.9. The first-order valence-electron chi connectivity index (χ1n) is 5.37. The van der Waals surface area contributed by atoms with Crippen LogP contribution in [0.1, 0.15) is 31.9 Å². The lowest BCUT2D eigenvalue weighted by atomic mass is 9.85. The number of halogens is 1. The molecule has 0 amide bonds. The molecule has 94 valence electrons. The summed E-state index contributed by atoms with van der Waals surface area (Å²) in [5.74, 6) is -0.296. The van der Waals surface area contributed by atoms with Crippen LogP contribution in [-0.2, 0) is 10.2 Å². The van der Waals surface area contributed by atoms with Crippen molar-refractivity contribution >= 4 is 21.9 Å². The molecule has 0 saturated carbocycles. The Morgan fingerprint density at radius 1 is 1.41 bits per heavy atom. The van der Waals surface area contributed by atoms with Crippen LogP contribution >= 0.6 is 15.9 Å². The predicted molar refractivity (Wildman–Crippen MR) is 70.7 cm³/mol.